The predicted octanol–water partition coefficient (Wildman–Crippen LogP) is 5.37. The molecule has 0 saturated carbocycles. The maximum atomic E-state index is 13.1. The van der Waals surface area contributed by atoms with E-state index in [4.69, 9.17) is 25.5 Å². The highest BCUT2D eigenvalue weighted by molar-refractivity contribution is 6.31. The van der Waals surface area contributed by atoms with Gasteiger partial charge in [0, 0.05) is 12.1 Å². The van der Waals surface area contributed by atoms with Crippen molar-refractivity contribution in [3.05, 3.63) is 82.5 Å². The van der Waals surface area contributed by atoms with Crippen LogP contribution in [0.2, 0.25) is 5.02 Å². The molecule has 0 aliphatic heterocycles. The van der Waals surface area contributed by atoms with Gasteiger partial charge in [-0.1, -0.05) is 23.7 Å². The summed E-state index contributed by atoms with van der Waals surface area (Å²) in [6.45, 7) is 1.54. The van der Waals surface area contributed by atoms with Gasteiger partial charge in [0.1, 0.15) is 18.2 Å². The fraction of sp³-hybridized carbons (Fsp3) is 0.200. The van der Waals surface area contributed by atoms with E-state index in [0.29, 0.717) is 35.2 Å². The van der Waals surface area contributed by atoms with Gasteiger partial charge in [0.05, 0.1) is 24.9 Å². The van der Waals surface area contributed by atoms with Crippen LogP contribution in [0.25, 0.3) is 0 Å². The van der Waals surface area contributed by atoms with Crippen LogP contribution in [0.5, 0.6) is 11.5 Å². The van der Waals surface area contributed by atoms with E-state index in [-0.39, 0.29) is 24.8 Å². The van der Waals surface area contributed by atoms with Crippen molar-refractivity contribution in [3.8, 4) is 11.5 Å². The van der Waals surface area contributed by atoms with Gasteiger partial charge in [0.25, 0.3) is 0 Å². The van der Waals surface area contributed by atoms with Crippen molar-refractivity contribution in [2.24, 2.45) is 0 Å². The molecule has 1 aromatic heterocycles. The Kier molecular flexibility index (Phi) is 7.98. The van der Waals surface area contributed by atoms with Gasteiger partial charge in [-0.3, -0.25) is 0 Å². The molecule has 0 amide bonds. The first-order chi connectivity index (χ1) is 12.7. The molecule has 0 saturated heterocycles. The molecule has 144 valence electrons. The quantitative estimate of drug-likeness (QED) is 0.540. The Morgan fingerprint density at radius 3 is 2.63 bits per heavy atom. The van der Waals surface area contributed by atoms with Gasteiger partial charge in [-0.25, -0.2) is 4.39 Å². The van der Waals surface area contributed by atoms with E-state index in [1.165, 1.54) is 12.1 Å². The third-order valence-electron chi connectivity index (χ3n) is 3.83. The van der Waals surface area contributed by atoms with Crippen molar-refractivity contribution in [1.29, 1.82) is 0 Å². The molecular weight excluding hydrogens is 392 g/mol. The van der Waals surface area contributed by atoms with Crippen LogP contribution in [0.15, 0.2) is 59.2 Å². The Morgan fingerprint density at radius 1 is 1.07 bits per heavy atom. The van der Waals surface area contributed by atoms with Gasteiger partial charge < -0.3 is 19.2 Å². The molecule has 0 radical (unpaired) electrons. The van der Waals surface area contributed by atoms with Crippen LogP contribution < -0.4 is 14.8 Å². The SMILES string of the molecule is COc1cc(CNCc2ccco2)ccc1OCc1ccc(F)cc1Cl.Cl. The van der Waals surface area contributed by atoms with Crippen molar-refractivity contribution in [3.63, 3.8) is 0 Å². The van der Waals surface area contributed by atoms with Crippen molar-refractivity contribution in [2.75, 3.05) is 7.11 Å². The van der Waals surface area contributed by atoms with E-state index >= 15 is 0 Å². The van der Waals surface area contributed by atoms with Gasteiger partial charge in [-0.15, -0.1) is 12.4 Å². The summed E-state index contributed by atoms with van der Waals surface area (Å²) in [6, 6.07) is 13.7. The molecule has 0 bridgehead atoms. The molecule has 1 heterocycles. The lowest BCUT2D eigenvalue weighted by atomic mass is 10.2. The Morgan fingerprint density at radius 2 is 1.93 bits per heavy atom. The van der Waals surface area contributed by atoms with Gasteiger partial charge in [-0.2, -0.15) is 0 Å². The molecular formula is C20H20Cl2FNO3. The van der Waals surface area contributed by atoms with Gasteiger partial charge in [0.2, 0.25) is 0 Å². The molecule has 3 rings (SSSR count). The third-order valence-corrected chi connectivity index (χ3v) is 4.19. The molecule has 0 aliphatic rings. The zero-order valence-corrected chi connectivity index (χ0v) is 16.3. The normalized spacial score (nSPS) is 10.3. The molecule has 0 unspecified atom stereocenters. The summed E-state index contributed by atoms with van der Waals surface area (Å²) in [4.78, 5) is 0. The fourth-order valence-electron chi connectivity index (χ4n) is 2.48. The zero-order valence-electron chi connectivity index (χ0n) is 14.7. The minimum Gasteiger partial charge on any atom is -0.493 e. The van der Waals surface area contributed by atoms with Crippen LogP contribution in [-0.2, 0) is 19.7 Å². The monoisotopic (exact) mass is 411 g/mol. The second-order valence-electron chi connectivity index (χ2n) is 5.69. The van der Waals surface area contributed by atoms with E-state index in [0.717, 1.165) is 11.3 Å². The average Bonchev–Trinajstić information content (AvgIpc) is 3.15. The van der Waals surface area contributed by atoms with Gasteiger partial charge in [-0.05, 0) is 42.0 Å². The standard InChI is InChI=1S/C20H19ClFNO3.ClH/c1-24-20-9-14(11-23-12-17-3-2-8-25-17)4-7-19(20)26-13-15-5-6-16(22)10-18(15)21;/h2-10,23H,11-13H2,1H3;1H. The van der Waals surface area contributed by atoms with E-state index in [1.54, 1.807) is 19.4 Å². The molecule has 0 spiro atoms. The first-order valence-corrected chi connectivity index (χ1v) is 8.50. The summed E-state index contributed by atoms with van der Waals surface area (Å²) < 4.78 is 29.6. The number of rotatable bonds is 8. The Bertz CT molecular complexity index is 856. The number of furan rings is 1. The van der Waals surface area contributed by atoms with Crippen LogP contribution in [0.1, 0.15) is 16.9 Å². The summed E-state index contributed by atoms with van der Waals surface area (Å²) in [6.07, 6.45) is 1.65. The number of hydrogen-bond acceptors (Lipinski definition) is 4. The van der Waals surface area contributed by atoms with Crippen molar-refractivity contribution < 1.29 is 18.3 Å². The molecule has 2 aromatic carbocycles. The highest BCUT2D eigenvalue weighted by atomic mass is 35.5. The summed E-state index contributed by atoms with van der Waals surface area (Å²) in [5.74, 6) is 1.74. The van der Waals surface area contributed by atoms with Crippen LogP contribution >= 0.6 is 24.0 Å². The molecule has 0 atom stereocenters. The number of halogens is 3. The maximum Gasteiger partial charge on any atom is 0.161 e. The molecule has 1 N–H and O–H groups in total. The fourth-order valence-corrected chi connectivity index (χ4v) is 2.70. The van der Waals surface area contributed by atoms with Crippen molar-refractivity contribution >= 4 is 24.0 Å². The van der Waals surface area contributed by atoms with E-state index < -0.39 is 0 Å². The second kappa shape index (κ2) is 10.2. The first-order valence-electron chi connectivity index (χ1n) is 8.12. The van der Waals surface area contributed by atoms with Crippen molar-refractivity contribution in [2.45, 2.75) is 19.7 Å². The third kappa shape index (κ3) is 5.89. The molecule has 0 aliphatic carbocycles. The highest BCUT2D eigenvalue weighted by Gasteiger charge is 2.08. The largest absolute Gasteiger partial charge is 0.493 e. The molecule has 3 aromatic rings. The molecule has 27 heavy (non-hydrogen) atoms. The van der Waals surface area contributed by atoms with Crippen LogP contribution in [0.3, 0.4) is 0 Å². The lowest BCUT2D eigenvalue weighted by molar-refractivity contribution is 0.284. The van der Waals surface area contributed by atoms with E-state index in [1.807, 2.05) is 30.3 Å². The molecule has 4 nitrogen and oxygen atoms in total. The zero-order chi connectivity index (χ0) is 18.4. The molecule has 7 heteroatoms. The first kappa shape index (κ1) is 21.1. The number of methoxy groups -OCH3 is 1. The van der Waals surface area contributed by atoms with Crippen molar-refractivity contribution in [1.82, 2.24) is 5.32 Å². The van der Waals surface area contributed by atoms with Crippen LogP contribution in [-0.4, -0.2) is 7.11 Å². The number of hydrogen-bond donors (Lipinski definition) is 1. The van der Waals surface area contributed by atoms with Gasteiger partial charge >= 0.3 is 0 Å². The summed E-state index contributed by atoms with van der Waals surface area (Å²) in [7, 11) is 1.59. The summed E-state index contributed by atoms with van der Waals surface area (Å²) in [5, 5.41) is 3.64. The van der Waals surface area contributed by atoms with Crippen LogP contribution in [0.4, 0.5) is 4.39 Å². The highest BCUT2D eigenvalue weighted by Crippen LogP contribution is 2.29. The van der Waals surface area contributed by atoms with Crippen LogP contribution in [0, 0.1) is 5.82 Å². The summed E-state index contributed by atoms with van der Waals surface area (Å²) >= 11 is 6.03. The smallest absolute Gasteiger partial charge is 0.161 e. The van der Waals surface area contributed by atoms with E-state index in [9.17, 15) is 4.39 Å². The second-order valence-corrected chi connectivity index (χ2v) is 6.10. The lowest BCUT2D eigenvalue weighted by Crippen LogP contribution is -2.12. The number of nitrogens with one attached hydrogen (secondary N) is 1. The average molecular weight is 412 g/mol. The molecule has 0 fully saturated rings. The summed E-state index contributed by atoms with van der Waals surface area (Å²) in [5.41, 5.74) is 1.76. The number of benzene rings is 2. The Balaban J connectivity index is 0.00000261. The Hall–Kier alpha value is -2.21. The number of ether oxygens (including phenoxy) is 2. The minimum atomic E-state index is -0.372. The Labute approximate surface area is 168 Å². The predicted molar refractivity (Wildman–Crippen MR) is 105 cm³/mol. The van der Waals surface area contributed by atoms with Gasteiger partial charge in [0.15, 0.2) is 11.5 Å². The minimum absolute atomic E-state index is 0. The lowest BCUT2D eigenvalue weighted by Gasteiger charge is -2.13. The maximum absolute atomic E-state index is 13.1. The van der Waals surface area contributed by atoms with E-state index in [2.05, 4.69) is 5.32 Å². The topological polar surface area (TPSA) is 43.6 Å².